The Morgan fingerprint density at radius 3 is 2.48 bits per heavy atom. The van der Waals surface area contributed by atoms with E-state index in [4.69, 9.17) is 4.74 Å². The first kappa shape index (κ1) is 20.6. The predicted molar refractivity (Wildman–Crippen MR) is 115 cm³/mol. The van der Waals surface area contributed by atoms with E-state index < -0.39 is 0 Å². The third-order valence-electron chi connectivity index (χ3n) is 5.10. The van der Waals surface area contributed by atoms with Crippen LogP contribution in [0.3, 0.4) is 0 Å². The lowest BCUT2D eigenvalue weighted by Gasteiger charge is -2.31. The molecule has 1 N–H and O–H groups in total. The van der Waals surface area contributed by atoms with E-state index >= 15 is 0 Å². The second-order valence-corrected chi connectivity index (χ2v) is 7.16. The highest BCUT2D eigenvalue weighted by atomic mass is 16.5. The Morgan fingerprint density at radius 2 is 1.76 bits per heavy atom. The first-order valence-electron chi connectivity index (χ1n) is 10.2. The third kappa shape index (κ3) is 6.21. The van der Waals surface area contributed by atoms with Gasteiger partial charge < -0.3 is 15.0 Å². The quantitative estimate of drug-likeness (QED) is 0.735. The van der Waals surface area contributed by atoms with Crippen molar-refractivity contribution in [2.45, 2.75) is 32.2 Å². The molecule has 0 bridgehead atoms. The molecule has 2 aromatic rings. The van der Waals surface area contributed by atoms with Crippen LogP contribution in [0, 0.1) is 0 Å². The molecule has 1 saturated heterocycles. The van der Waals surface area contributed by atoms with Crippen LogP contribution < -0.4 is 10.1 Å². The summed E-state index contributed by atoms with van der Waals surface area (Å²) in [7, 11) is 0. The number of amides is 2. The summed E-state index contributed by atoms with van der Waals surface area (Å²) in [5, 5.41) is 3.02. The van der Waals surface area contributed by atoms with Gasteiger partial charge in [0.05, 0.1) is 0 Å². The molecule has 5 nitrogen and oxygen atoms in total. The fourth-order valence-electron chi connectivity index (χ4n) is 3.43. The van der Waals surface area contributed by atoms with Gasteiger partial charge in [0.25, 0.3) is 5.91 Å². The van der Waals surface area contributed by atoms with Crippen LogP contribution in [0.5, 0.6) is 5.75 Å². The maximum Gasteiger partial charge on any atom is 0.258 e. The molecule has 1 fully saturated rings. The number of ether oxygens (including phenoxy) is 1. The van der Waals surface area contributed by atoms with E-state index in [2.05, 4.69) is 12.2 Å². The molecule has 2 aromatic carbocycles. The van der Waals surface area contributed by atoms with Gasteiger partial charge in [0.2, 0.25) is 5.91 Å². The number of aryl methyl sites for hydroxylation is 1. The number of carbonyl (C=O) groups excluding carboxylic acids is 2. The monoisotopic (exact) mass is 392 g/mol. The molecule has 3 rings (SSSR count). The summed E-state index contributed by atoms with van der Waals surface area (Å²) in [6.45, 7) is 3.35. The Morgan fingerprint density at radius 1 is 1.07 bits per heavy atom. The van der Waals surface area contributed by atoms with Crippen LogP contribution >= 0.6 is 0 Å². The second-order valence-electron chi connectivity index (χ2n) is 7.16. The van der Waals surface area contributed by atoms with Crippen LogP contribution in [-0.2, 0) is 16.0 Å². The second kappa shape index (κ2) is 10.5. The van der Waals surface area contributed by atoms with Gasteiger partial charge in [0.15, 0.2) is 6.61 Å². The van der Waals surface area contributed by atoms with Crippen LogP contribution in [-0.4, -0.2) is 42.5 Å². The minimum absolute atomic E-state index is 0.00989. The van der Waals surface area contributed by atoms with E-state index in [1.54, 1.807) is 6.08 Å². The minimum atomic E-state index is -0.121. The van der Waals surface area contributed by atoms with Gasteiger partial charge in [-0.25, -0.2) is 0 Å². The molecule has 1 heterocycles. The first-order valence-corrected chi connectivity index (χ1v) is 10.2. The Labute approximate surface area is 172 Å². The maximum atomic E-state index is 12.4. The van der Waals surface area contributed by atoms with Gasteiger partial charge in [-0.05, 0) is 42.5 Å². The topological polar surface area (TPSA) is 58.6 Å². The lowest BCUT2D eigenvalue weighted by molar-refractivity contribution is -0.127. The molecule has 0 spiro atoms. The van der Waals surface area contributed by atoms with E-state index in [1.807, 2.05) is 65.6 Å². The van der Waals surface area contributed by atoms with Gasteiger partial charge in [0.1, 0.15) is 5.75 Å². The van der Waals surface area contributed by atoms with Crippen molar-refractivity contribution in [1.29, 1.82) is 0 Å². The molecule has 0 atom stereocenters. The highest BCUT2D eigenvalue weighted by Crippen LogP contribution is 2.18. The fourth-order valence-corrected chi connectivity index (χ4v) is 3.43. The maximum absolute atomic E-state index is 12.4. The molecular weight excluding hydrogens is 364 g/mol. The molecule has 1 aliphatic heterocycles. The van der Waals surface area contributed by atoms with Crippen molar-refractivity contribution < 1.29 is 14.3 Å². The summed E-state index contributed by atoms with van der Waals surface area (Å²) in [5.74, 6) is 0.651. The van der Waals surface area contributed by atoms with Crippen LogP contribution in [0.25, 0.3) is 6.08 Å². The molecule has 1 aliphatic rings. The fraction of sp³-hybridized carbons (Fsp3) is 0.333. The van der Waals surface area contributed by atoms with Crippen molar-refractivity contribution in [2.24, 2.45) is 0 Å². The zero-order valence-electron chi connectivity index (χ0n) is 16.8. The summed E-state index contributed by atoms with van der Waals surface area (Å²) < 4.78 is 5.68. The number of benzene rings is 2. The van der Waals surface area contributed by atoms with E-state index in [0.717, 1.165) is 36.1 Å². The van der Waals surface area contributed by atoms with Crippen molar-refractivity contribution in [3.05, 3.63) is 71.8 Å². The summed E-state index contributed by atoms with van der Waals surface area (Å²) >= 11 is 0. The summed E-state index contributed by atoms with van der Waals surface area (Å²) in [4.78, 5) is 26.4. The van der Waals surface area contributed by atoms with Crippen molar-refractivity contribution in [2.75, 3.05) is 19.7 Å². The molecule has 0 saturated carbocycles. The SMILES string of the molecule is CCc1ccccc1OCC(=O)NC1CCN(C(=O)/C=C/c2ccccc2)CC1. The molecule has 2 amide bonds. The van der Waals surface area contributed by atoms with E-state index in [0.29, 0.717) is 13.1 Å². The number of carbonyl (C=O) groups is 2. The van der Waals surface area contributed by atoms with Crippen LogP contribution in [0.1, 0.15) is 30.9 Å². The lowest BCUT2D eigenvalue weighted by Crippen LogP contribution is -2.47. The Bertz CT molecular complexity index is 840. The smallest absolute Gasteiger partial charge is 0.258 e. The highest BCUT2D eigenvalue weighted by molar-refractivity contribution is 5.91. The molecular formula is C24H28N2O3. The Hall–Kier alpha value is -3.08. The molecule has 0 aliphatic carbocycles. The molecule has 152 valence electrons. The van der Waals surface area contributed by atoms with Gasteiger partial charge in [-0.15, -0.1) is 0 Å². The number of piperidine rings is 1. The first-order chi connectivity index (χ1) is 14.2. The number of rotatable bonds is 7. The average molecular weight is 392 g/mol. The van der Waals surface area contributed by atoms with Gasteiger partial charge in [-0.3, -0.25) is 9.59 Å². The standard InChI is InChI=1S/C24H28N2O3/c1-2-20-10-6-7-11-22(20)29-18-23(27)25-21-14-16-26(17-15-21)24(28)13-12-19-8-4-3-5-9-19/h3-13,21H,2,14-18H2,1H3,(H,25,27)/b13-12+. The largest absolute Gasteiger partial charge is 0.483 e. The third-order valence-corrected chi connectivity index (χ3v) is 5.10. The molecule has 0 unspecified atom stereocenters. The van der Waals surface area contributed by atoms with Gasteiger partial charge in [-0.1, -0.05) is 55.5 Å². The minimum Gasteiger partial charge on any atom is -0.483 e. The Balaban J connectivity index is 1.40. The summed E-state index contributed by atoms with van der Waals surface area (Å²) in [6.07, 6.45) is 5.82. The number of hydrogen-bond donors (Lipinski definition) is 1. The number of hydrogen-bond acceptors (Lipinski definition) is 3. The van der Waals surface area contributed by atoms with E-state index in [1.165, 1.54) is 0 Å². The molecule has 29 heavy (non-hydrogen) atoms. The number of nitrogens with one attached hydrogen (secondary N) is 1. The van der Waals surface area contributed by atoms with E-state index in [9.17, 15) is 9.59 Å². The van der Waals surface area contributed by atoms with Crippen molar-refractivity contribution in [3.8, 4) is 5.75 Å². The highest BCUT2D eigenvalue weighted by Gasteiger charge is 2.22. The number of para-hydroxylation sites is 1. The van der Waals surface area contributed by atoms with Gasteiger partial charge >= 0.3 is 0 Å². The predicted octanol–water partition coefficient (Wildman–Crippen LogP) is 3.45. The number of nitrogens with zero attached hydrogens (tertiary/aromatic N) is 1. The van der Waals surface area contributed by atoms with E-state index in [-0.39, 0.29) is 24.5 Å². The zero-order chi connectivity index (χ0) is 20.5. The molecule has 0 radical (unpaired) electrons. The van der Waals surface area contributed by atoms with Gasteiger partial charge in [0, 0.05) is 25.2 Å². The Kier molecular flexibility index (Phi) is 7.45. The summed E-state index contributed by atoms with van der Waals surface area (Å²) in [5.41, 5.74) is 2.10. The van der Waals surface area contributed by atoms with Crippen molar-refractivity contribution in [3.63, 3.8) is 0 Å². The number of likely N-dealkylation sites (tertiary alicyclic amines) is 1. The van der Waals surface area contributed by atoms with Crippen LogP contribution in [0.2, 0.25) is 0 Å². The average Bonchev–Trinajstić information content (AvgIpc) is 2.77. The normalized spacial score (nSPS) is 14.7. The lowest BCUT2D eigenvalue weighted by atomic mass is 10.0. The van der Waals surface area contributed by atoms with Crippen molar-refractivity contribution in [1.82, 2.24) is 10.2 Å². The van der Waals surface area contributed by atoms with Crippen LogP contribution in [0.15, 0.2) is 60.7 Å². The van der Waals surface area contributed by atoms with Gasteiger partial charge in [-0.2, -0.15) is 0 Å². The summed E-state index contributed by atoms with van der Waals surface area (Å²) in [6, 6.07) is 17.6. The molecule has 5 heteroatoms. The van der Waals surface area contributed by atoms with Crippen molar-refractivity contribution >= 4 is 17.9 Å². The zero-order valence-corrected chi connectivity index (χ0v) is 16.8. The molecule has 0 aromatic heterocycles. The van der Waals surface area contributed by atoms with Crippen LogP contribution in [0.4, 0.5) is 0 Å².